The van der Waals surface area contributed by atoms with Crippen LogP contribution in [0.4, 0.5) is 0 Å². The van der Waals surface area contributed by atoms with Crippen LogP contribution in [0.5, 0.6) is 0 Å². The van der Waals surface area contributed by atoms with Crippen molar-refractivity contribution >= 4 is 5.78 Å². The molecule has 0 bridgehead atoms. The quantitative estimate of drug-likeness (QED) is 0.535. The maximum atomic E-state index is 11.4. The van der Waals surface area contributed by atoms with E-state index in [9.17, 15) is 4.79 Å². The van der Waals surface area contributed by atoms with Crippen LogP contribution in [-0.2, 0) is 4.79 Å². The monoisotopic (exact) mass is 162 g/mol. The molecule has 0 aromatic heterocycles. The zero-order valence-corrected chi connectivity index (χ0v) is 7.68. The Hall–Kier alpha value is -0.850. The molecule has 0 heterocycles. The first-order valence-corrected chi connectivity index (χ1v) is 4.59. The van der Waals surface area contributed by atoms with Crippen LogP contribution in [0.2, 0.25) is 0 Å². The van der Waals surface area contributed by atoms with Crippen molar-refractivity contribution in [1.29, 1.82) is 0 Å². The molecule has 1 heteroatoms. The predicted molar refractivity (Wildman–Crippen MR) is 48.8 cm³/mol. The summed E-state index contributed by atoms with van der Waals surface area (Å²) in [6, 6.07) is 0. The number of allylic oxidation sites excluding steroid dienone is 4. The van der Waals surface area contributed by atoms with Crippen molar-refractivity contribution in [2.45, 2.75) is 33.1 Å². The molecule has 0 N–H and O–H groups in total. The van der Waals surface area contributed by atoms with Gasteiger partial charge in [-0.05, 0) is 38.2 Å². The molecule has 0 aliphatic heterocycles. The second-order valence-corrected chi connectivity index (χ2v) is 3.93. The van der Waals surface area contributed by atoms with Crippen LogP contribution < -0.4 is 0 Å². The number of fused-ring (bicyclic) bond motifs is 1. The first-order valence-electron chi connectivity index (χ1n) is 4.59. The predicted octanol–water partition coefficient (Wildman–Crippen LogP) is 2.63. The van der Waals surface area contributed by atoms with Crippen molar-refractivity contribution in [3.05, 3.63) is 22.8 Å². The highest BCUT2D eigenvalue weighted by Crippen LogP contribution is 2.37. The number of Topliss-reactive ketones (excluding diaryl/α,β-unsaturated/α-hetero) is 1. The average molecular weight is 162 g/mol. The minimum atomic E-state index is 0.381. The van der Waals surface area contributed by atoms with Crippen molar-refractivity contribution in [2.75, 3.05) is 0 Å². The molecule has 64 valence electrons. The highest BCUT2D eigenvalue weighted by molar-refractivity contribution is 5.98. The summed E-state index contributed by atoms with van der Waals surface area (Å²) in [6.45, 7) is 4.27. The lowest BCUT2D eigenvalue weighted by Gasteiger charge is -2.18. The maximum Gasteiger partial charge on any atom is 0.159 e. The third-order valence-electron chi connectivity index (χ3n) is 3.08. The van der Waals surface area contributed by atoms with Crippen LogP contribution in [0.15, 0.2) is 22.8 Å². The SMILES string of the molecule is CC1=C(C)CC2CCC(=O)C2=C1. The summed E-state index contributed by atoms with van der Waals surface area (Å²) in [5.41, 5.74) is 3.85. The minimum Gasteiger partial charge on any atom is -0.295 e. The van der Waals surface area contributed by atoms with E-state index in [4.69, 9.17) is 0 Å². The molecule has 0 radical (unpaired) electrons. The molecular weight excluding hydrogens is 148 g/mol. The molecule has 1 atom stereocenters. The maximum absolute atomic E-state index is 11.4. The summed E-state index contributed by atoms with van der Waals surface area (Å²) >= 11 is 0. The van der Waals surface area contributed by atoms with Crippen LogP contribution in [0, 0.1) is 5.92 Å². The summed E-state index contributed by atoms with van der Waals surface area (Å²) in [5.74, 6) is 0.938. The fraction of sp³-hybridized carbons (Fsp3) is 0.545. The van der Waals surface area contributed by atoms with Gasteiger partial charge in [-0.25, -0.2) is 0 Å². The van der Waals surface area contributed by atoms with Gasteiger partial charge in [-0.1, -0.05) is 17.2 Å². The van der Waals surface area contributed by atoms with E-state index in [1.165, 1.54) is 11.1 Å². The van der Waals surface area contributed by atoms with E-state index in [1.54, 1.807) is 0 Å². The van der Waals surface area contributed by atoms with E-state index in [-0.39, 0.29) is 0 Å². The van der Waals surface area contributed by atoms with E-state index in [0.29, 0.717) is 11.7 Å². The normalized spacial score (nSPS) is 29.0. The second-order valence-electron chi connectivity index (χ2n) is 3.93. The van der Waals surface area contributed by atoms with Crippen molar-refractivity contribution in [2.24, 2.45) is 5.92 Å². The van der Waals surface area contributed by atoms with Crippen LogP contribution in [0.25, 0.3) is 0 Å². The molecular formula is C11H14O. The molecule has 2 rings (SSSR count). The Bertz CT molecular complexity index is 294. The molecule has 0 aromatic carbocycles. The van der Waals surface area contributed by atoms with Gasteiger partial charge in [-0.15, -0.1) is 0 Å². The zero-order chi connectivity index (χ0) is 8.72. The third-order valence-corrected chi connectivity index (χ3v) is 3.08. The Morgan fingerprint density at radius 2 is 2.17 bits per heavy atom. The highest BCUT2D eigenvalue weighted by atomic mass is 16.1. The lowest BCUT2D eigenvalue weighted by Crippen LogP contribution is -2.07. The van der Waals surface area contributed by atoms with Gasteiger partial charge in [-0.2, -0.15) is 0 Å². The molecule has 1 nitrogen and oxygen atoms in total. The molecule has 0 saturated heterocycles. The van der Waals surface area contributed by atoms with Gasteiger partial charge < -0.3 is 0 Å². The molecule has 0 spiro atoms. The van der Waals surface area contributed by atoms with Crippen LogP contribution in [0.1, 0.15) is 33.1 Å². The number of ketones is 1. The number of carbonyl (C=O) groups excluding carboxylic acids is 1. The topological polar surface area (TPSA) is 17.1 Å². The number of rotatable bonds is 0. The Morgan fingerprint density at radius 1 is 1.42 bits per heavy atom. The van der Waals surface area contributed by atoms with Gasteiger partial charge in [0.15, 0.2) is 5.78 Å². The highest BCUT2D eigenvalue weighted by Gasteiger charge is 2.30. The van der Waals surface area contributed by atoms with E-state index < -0.39 is 0 Å². The van der Waals surface area contributed by atoms with Gasteiger partial charge in [-0.3, -0.25) is 4.79 Å². The van der Waals surface area contributed by atoms with E-state index >= 15 is 0 Å². The van der Waals surface area contributed by atoms with Gasteiger partial charge in [0.1, 0.15) is 0 Å². The van der Waals surface area contributed by atoms with E-state index in [0.717, 1.165) is 24.8 Å². The summed E-state index contributed by atoms with van der Waals surface area (Å²) in [7, 11) is 0. The number of hydrogen-bond donors (Lipinski definition) is 0. The molecule has 1 saturated carbocycles. The van der Waals surface area contributed by atoms with Crippen molar-refractivity contribution < 1.29 is 4.79 Å². The molecule has 1 unspecified atom stereocenters. The summed E-state index contributed by atoms with van der Waals surface area (Å²) in [5, 5.41) is 0. The molecule has 0 amide bonds. The molecule has 12 heavy (non-hydrogen) atoms. The summed E-state index contributed by atoms with van der Waals surface area (Å²) in [4.78, 5) is 11.4. The zero-order valence-electron chi connectivity index (χ0n) is 7.68. The number of hydrogen-bond acceptors (Lipinski definition) is 1. The van der Waals surface area contributed by atoms with Crippen molar-refractivity contribution in [1.82, 2.24) is 0 Å². The second kappa shape index (κ2) is 2.58. The molecule has 0 aromatic rings. The minimum absolute atomic E-state index is 0.381. The van der Waals surface area contributed by atoms with Crippen molar-refractivity contribution in [3.63, 3.8) is 0 Å². The van der Waals surface area contributed by atoms with Gasteiger partial charge in [0.2, 0.25) is 0 Å². The Kier molecular flexibility index (Phi) is 1.67. The van der Waals surface area contributed by atoms with E-state index in [1.807, 2.05) is 0 Å². The van der Waals surface area contributed by atoms with Crippen LogP contribution in [0.3, 0.4) is 0 Å². The standard InChI is InChI=1S/C11H14O/c1-7-5-9-3-4-11(12)10(9)6-8(7)2/h6,9H,3-5H2,1-2H3. The van der Waals surface area contributed by atoms with Gasteiger partial charge in [0, 0.05) is 6.42 Å². The Morgan fingerprint density at radius 3 is 2.92 bits per heavy atom. The van der Waals surface area contributed by atoms with Crippen LogP contribution in [-0.4, -0.2) is 5.78 Å². The Balaban J connectivity index is 2.38. The average Bonchev–Trinajstić information content (AvgIpc) is 2.35. The van der Waals surface area contributed by atoms with E-state index in [2.05, 4.69) is 19.9 Å². The lowest BCUT2D eigenvalue weighted by molar-refractivity contribution is -0.114. The lowest BCUT2D eigenvalue weighted by atomic mass is 9.86. The molecule has 2 aliphatic rings. The fourth-order valence-electron chi connectivity index (χ4n) is 2.13. The Labute approximate surface area is 73.2 Å². The molecule has 2 aliphatic carbocycles. The number of carbonyl (C=O) groups is 1. The van der Waals surface area contributed by atoms with Crippen molar-refractivity contribution in [3.8, 4) is 0 Å². The summed E-state index contributed by atoms with van der Waals surface area (Å²) < 4.78 is 0. The first-order chi connectivity index (χ1) is 5.68. The first kappa shape index (κ1) is 7.78. The van der Waals surface area contributed by atoms with Crippen LogP contribution >= 0.6 is 0 Å². The van der Waals surface area contributed by atoms with Gasteiger partial charge >= 0.3 is 0 Å². The largest absolute Gasteiger partial charge is 0.295 e. The molecule has 1 fully saturated rings. The summed E-state index contributed by atoms with van der Waals surface area (Å²) in [6.07, 6.45) is 5.06. The third kappa shape index (κ3) is 1.04. The van der Waals surface area contributed by atoms with Gasteiger partial charge in [0.05, 0.1) is 0 Å². The smallest absolute Gasteiger partial charge is 0.159 e. The van der Waals surface area contributed by atoms with Gasteiger partial charge in [0.25, 0.3) is 0 Å². The fourth-order valence-corrected chi connectivity index (χ4v) is 2.13.